The fourth-order valence-corrected chi connectivity index (χ4v) is 1.28. The van der Waals surface area contributed by atoms with Gasteiger partial charge in [-0.15, -0.1) is 0 Å². The monoisotopic (exact) mass is 183 g/mol. The number of nitrogens with two attached hydrogens (primary N) is 1. The molecule has 0 radical (unpaired) electrons. The molecule has 2 aromatic rings. The molecule has 2 rings (SSSR count). The first kappa shape index (κ1) is 7.24. The van der Waals surface area contributed by atoms with Crippen molar-refractivity contribution in [3.63, 3.8) is 0 Å². The van der Waals surface area contributed by atoms with E-state index in [4.69, 9.17) is 17.4 Å². The zero-order chi connectivity index (χ0) is 8.72. The van der Waals surface area contributed by atoms with Crippen molar-refractivity contribution in [3.8, 4) is 0 Å². The molecule has 12 heavy (non-hydrogen) atoms. The summed E-state index contributed by atoms with van der Waals surface area (Å²) in [6.07, 6.45) is 0. The number of halogens is 1. The largest absolute Gasteiger partial charge is 0.344 e. The Morgan fingerprint density at radius 1 is 1.50 bits per heavy atom. The van der Waals surface area contributed by atoms with Gasteiger partial charge in [-0.3, -0.25) is 0 Å². The summed E-state index contributed by atoms with van der Waals surface area (Å²) >= 11 is 5.71. The molecule has 0 fully saturated rings. The highest BCUT2D eigenvalue weighted by molar-refractivity contribution is 6.31. The minimum atomic E-state index is -0.340. The lowest BCUT2D eigenvalue weighted by atomic mass is 10.3. The minimum absolute atomic E-state index is 0.340. The highest BCUT2D eigenvalue weighted by Gasteiger charge is 2.02. The Kier molecular flexibility index (Phi) is 1.38. The van der Waals surface area contributed by atoms with Crippen LogP contribution in [0.4, 0.5) is 0 Å². The fraction of sp³-hybridized carbons (Fsp3) is 0. The zero-order valence-electron chi connectivity index (χ0n) is 6.04. The third-order valence-corrected chi connectivity index (χ3v) is 1.91. The number of aromatic nitrogens is 2. The van der Waals surface area contributed by atoms with Gasteiger partial charge in [0.2, 0.25) is 0 Å². The molecule has 0 saturated heterocycles. The minimum Gasteiger partial charge on any atom is -0.335 e. The van der Waals surface area contributed by atoms with Crippen LogP contribution in [0.5, 0.6) is 0 Å². The van der Waals surface area contributed by atoms with Crippen molar-refractivity contribution in [2.45, 2.75) is 0 Å². The second-order valence-corrected chi connectivity index (χ2v) is 2.90. The van der Waals surface area contributed by atoms with Gasteiger partial charge in [0.1, 0.15) is 0 Å². The van der Waals surface area contributed by atoms with E-state index in [0.29, 0.717) is 16.1 Å². The van der Waals surface area contributed by atoms with Crippen molar-refractivity contribution < 1.29 is 0 Å². The van der Waals surface area contributed by atoms with E-state index in [1.54, 1.807) is 18.2 Å². The second kappa shape index (κ2) is 2.28. The molecule has 62 valence electrons. The van der Waals surface area contributed by atoms with Gasteiger partial charge in [0, 0.05) is 5.02 Å². The van der Waals surface area contributed by atoms with Crippen LogP contribution in [0.15, 0.2) is 23.0 Å². The Labute approximate surface area is 72.5 Å². The Hall–Kier alpha value is -1.42. The molecule has 0 aliphatic rings. The van der Waals surface area contributed by atoms with Gasteiger partial charge >= 0.3 is 5.69 Å². The average Bonchev–Trinajstić information content (AvgIpc) is 2.28. The third-order valence-electron chi connectivity index (χ3n) is 1.68. The molecule has 1 aromatic heterocycles. The number of nitrogen functional groups attached to an aromatic ring is 1. The zero-order valence-corrected chi connectivity index (χ0v) is 6.80. The van der Waals surface area contributed by atoms with Crippen molar-refractivity contribution in [2.24, 2.45) is 0 Å². The summed E-state index contributed by atoms with van der Waals surface area (Å²) in [5.74, 6) is 5.42. The van der Waals surface area contributed by atoms with E-state index in [1.807, 2.05) is 0 Å². The summed E-state index contributed by atoms with van der Waals surface area (Å²) in [7, 11) is 0. The van der Waals surface area contributed by atoms with Crippen LogP contribution in [0.2, 0.25) is 5.02 Å². The summed E-state index contributed by atoms with van der Waals surface area (Å²) in [4.78, 5) is 13.6. The average molecular weight is 184 g/mol. The van der Waals surface area contributed by atoms with E-state index >= 15 is 0 Å². The summed E-state index contributed by atoms with van der Waals surface area (Å²) in [5, 5.41) is 0.573. The van der Waals surface area contributed by atoms with Crippen molar-refractivity contribution in [3.05, 3.63) is 33.7 Å². The molecule has 0 saturated carbocycles. The molecule has 4 nitrogen and oxygen atoms in total. The quantitative estimate of drug-likeness (QED) is 0.591. The summed E-state index contributed by atoms with van der Waals surface area (Å²) in [6, 6.07) is 5.03. The highest BCUT2D eigenvalue weighted by atomic mass is 35.5. The maximum Gasteiger partial charge on any atom is 0.344 e. The molecule has 3 N–H and O–H groups in total. The van der Waals surface area contributed by atoms with E-state index in [1.165, 1.54) is 0 Å². The fourth-order valence-electron chi connectivity index (χ4n) is 1.10. The third kappa shape index (κ3) is 0.887. The first-order chi connectivity index (χ1) is 5.68. The molecule has 5 heteroatoms. The van der Waals surface area contributed by atoms with E-state index in [0.717, 1.165) is 4.68 Å². The predicted molar refractivity (Wildman–Crippen MR) is 47.7 cm³/mol. The van der Waals surface area contributed by atoms with Gasteiger partial charge in [-0.25, -0.2) is 9.47 Å². The van der Waals surface area contributed by atoms with Crippen LogP contribution in [0.1, 0.15) is 0 Å². The summed E-state index contributed by atoms with van der Waals surface area (Å²) in [5.41, 5.74) is 0.951. The van der Waals surface area contributed by atoms with Crippen molar-refractivity contribution in [1.82, 2.24) is 9.66 Å². The van der Waals surface area contributed by atoms with E-state index < -0.39 is 0 Å². The van der Waals surface area contributed by atoms with Crippen LogP contribution in [0, 0.1) is 0 Å². The lowest BCUT2D eigenvalue weighted by molar-refractivity contribution is 0.967. The molecule has 0 bridgehead atoms. The number of imidazole rings is 1. The number of nitrogens with zero attached hydrogens (tertiary/aromatic N) is 1. The number of rotatable bonds is 0. The molecule has 0 aliphatic carbocycles. The van der Waals surface area contributed by atoms with Crippen molar-refractivity contribution in [1.29, 1.82) is 0 Å². The Morgan fingerprint density at radius 2 is 2.25 bits per heavy atom. The number of H-pyrrole nitrogens is 1. The van der Waals surface area contributed by atoms with Gasteiger partial charge < -0.3 is 10.8 Å². The molecule has 0 unspecified atom stereocenters. The first-order valence-electron chi connectivity index (χ1n) is 3.34. The molecule has 0 aliphatic heterocycles. The van der Waals surface area contributed by atoms with Gasteiger partial charge in [-0.2, -0.15) is 0 Å². The van der Waals surface area contributed by atoms with Crippen molar-refractivity contribution >= 4 is 22.6 Å². The number of aromatic amines is 1. The van der Waals surface area contributed by atoms with Gasteiger partial charge in [0.05, 0.1) is 11.0 Å². The van der Waals surface area contributed by atoms with E-state index in [2.05, 4.69) is 4.98 Å². The number of nitrogens with one attached hydrogen (secondary N) is 1. The van der Waals surface area contributed by atoms with Crippen LogP contribution in [0.25, 0.3) is 11.0 Å². The molecule has 1 aromatic carbocycles. The van der Waals surface area contributed by atoms with E-state index in [-0.39, 0.29) is 5.69 Å². The van der Waals surface area contributed by atoms with Gasteiger partial charge in [0.25, 0.3) is 0 Å². The van der Waals surface area contributed by atoms with Crippen molar-refractivity contribution in [2.75, 3.05) is 5.84 Å². The Bertz CT molecular complexity index is 485. The summed E-state index contributed by atoms with van der Waals surface area (Å²) < 4.78 is 1.05. The molecule has 0 atom stereocenters. The number of hydrogen-bond acceptors (Lipinski definition) is 2. The normalized spacial score (nSPS) is 10.8. The smallest absolute Gasteiger partial charge is 0.335 e. The topological polar surface area (TPSA) is 63.8 Å². The molecule has 1 heterocycles. The lowest BCUT2D eigenvalue weighted by Crippen LogP contribution is -2.23. The summed E-state index contributed by atoms with van der Waals surface area (Å²) in [6.45, 7) is 0. The second-order valence-electron chi connectivity index (χ2n) is 2.46. The Morgan fingerprint density at radius 3 is 3.00 bits per heavy atom. The maximum absolute atomic E-state index is 11.0. The van der Waals surface area contributed by atoms with Crippen LogP contribution in [0.3, 0.4) is 0 Å². The first-order valence-corrected chi connectivity index (χ1v) is 3.71. The standard InChI is InChI=1S/C7H6ClN3O/c8-4-1-2-6-5(3-4)10-7(12)11(6)9/h1-3H,9H2,(H,10,12). The van der Waals surface area contributed by atoms with Gasteiger partial charge in [-0.05, 0) is 18.2 Å². The predicted octanol–water partition coefficient (Wildman–Crippen LogP) is 0.697. The van der Waals surface area contributed by atoms with Crippen LogP contribution in [-0.2, 0) is 0 Å². The van der Waals surface area contributed by atoms with Crippen LogP contribution >= 0.6 is 11.6 Å². The SMILES string of the molecule is Nn1c(=O)[nH]c2cc(Cl)ccc21. The number of benzene rings is 1. The van der Waals surface area contributed by atoms with Crippen LogP contribution < -0.4 is 11.5 Å². The van der Waals surface area contributed by atoms with E-state index in [9.17, 15) is 4.79 Å². The number of hydrogen-bond donors (Lipinski definition) is 2. The van der Waals surface area contributed by atoms with Crippen LogP contribution in [-0.4, -0.2) is 9.66 Å². The maximum atomic E-state index is 11.0. The molecule has 0 amide bonds. The van der Waals surface area contributed by atoms with Gasteiger partial charge in [-0.1, -0.05) is 11.6 Å². The molecule has 0 spiro atoms. The van der Waals surface area contributed by atoms with Gasteiger partial charge in [0.15, 0.2) is 0 Å². The molecular weight excluding hydrogens is 178 g/mol. The lowest BCUT2D eigenvalue weighted by Gasteiger charge is -1.92. The number of fused-ring (bicyclic) bond motifs is 1. The Balaban J connectivity index is 2.96. The molecular formula is C7H6ClN3O. The highest BCUT2D eigenvalue weighted by Crippen LogP contribution is 2.14.